The van der Waals surface area contributed by atoms with E-state index >= 15 is 0 Å². The fraction of sp³-hybridized carbons (Fsp3) is 0.235. The molecule has 0 radical (unpaired) electrons. The van der Waals surface area contributed by atoms with Gasteiger partial charge >= 0.3 is 6.61 Å². The fourth-order valence-electron chi connectivity index (χ4n) is 2.05. The molecule has 0 bridgehead atoms. The Hall–Kier alpha value is -2.83. The van der Waals surface area contributed by atoms with E-state index in [1.807, 2.05) is 6.92 Å². The zero-order valence-corrected chi connectivity index (χ0v) is 13.2. The molecule has 24 heavy (non-hydrogen) atoms. The van der Waals surface area contributed by atoms with Crippen LogP contribution < -0.4 is 19.5 Å². The summed E-state index contributed by atoms with van der Waals surface area (Å²) in [6.45, 7) is -0.759. The summed E-state index contributed by atoms with van der Waals surface area (Å²) in [6, 6.07) is 10.6. The number of alkyl halides is 2. The number of halogens is 2. The molecule has 0 saturated heterocycles. The van der Waals surface area contributed by atoms with Gasteiger partial charge < -0.3 is 19.5 Å². The summed E-state index contributed by atoms with van der Waals surface area (Å²) in [7, 11) is 1.50. The van der Waals surface area contributed by atoms with Crippen LogP contribution in [0.5, 0.6) is 17.2 Å². The number of hydrogen-bond donors (Lipinski definition) is 1. The Morgan fingerprint density at radius 1 is 1.12 bits per heavy atom. The van der Waals surface area contributed by atoms with Crippen LogP contribution in [0.2, 0.25) is 0 Å². The Kier molecular flexibility index (Phi) is 5.95. The number of methoxy groups -OCH3 is 1. The third-order valence-electron chi connectivity index (χ3n) is 3.08. The number of ether oxygens (including phenoxy) is 3. The average Bonchev–Trinajstić information content (AvgIpc) is 2.56. The van der Waals surface area contributed by atoms with E-state index in [1.54, 1.807) is 18.2 Å². The van der Waals surface area contributed by atoms with Gasteiger partial charge in [-0.3, -0.25) is 4.79 Å². The van der Waals surface area contributed by atoms with Gasteiger partial charge in [0.05, 0.1) is 19.4 Å². The molecule has 2 aromatic carbocycles. The smallest absolute Gasteiger partial charge is 0.387 e. The molecule has 0 atom stereocenters. The van der Waals surface area contributed by atoms with E-state index in [-0.39, 0.29) is 11.4 Å². The van der Waals surface area contributed by atoms with Crippen LogP contribution in [0.15, 0.2) is 42.5 Å². The number of para-hydroxylation sites is 2. The molecule has 128 valence electrons. The molecule has 0 heterocycles. The lowest BCUT2D eigenvalue weighted by Crippen LogP contribution is -2.14. The molecular weight excluding hydrogens is 320 g/mol. The van der Waals surface area contributed by atoms with Crippen molar-refractivity contribution >= 4 is 11.6 Å². The van der Waals surface area contributed by atoms with Crippen molar-refractivity contribution in [1.29, 1.82) is 0 Å². The highest BCUT2D eigenvalue weighted by Gasteiger charge is 2.15. The number of carbonyl (C=O) groups is 1. The van der Waals surface area contributed by atoms with Crippen LogP contribution in [0.3, 0.4) is 0 Å². The van der Waals surface area contributed by atoms with Crippen LogP contribution in [0.4, 0.5) is 14.5 Å². The average molecular weight is 337 g/mol. The van der Waals surface area contributed by atoms with Crippen LogP contribution in [-0.2, 0) is 0 Å². The lowest BCUT2D eigenvalue weighted by molar-refractivity contribution is -0.0493. The highest BCUT2D eigenvalue weighted by atomic mass is 19.3. The number of amides is 1. The molecule has 0 unspecified atom stereocenters. The minimum absolute atomic E-state index is 0.112. The summed E-state index contributed by atoms with van der Waals surface area (Å²) in [4.78, 5) is 12.4. The van der Waals surface area contributed by atoms with E-state index in [0.29, 0.717) is 23.7 Å². The van der Waals surface area contributed by atoms with Gasteiger partial charge in [0.2, 0.25) is 0 Å². The summed E-state index contributed by atoms with van der Waals surface area (Å²) in [6.07, 6.45) is 0. The first kappa shape index (κ1) is 17.5. The van der Waals surface area contributed by atoms with Crippen LogP contribution in [0.1, 0.15) is 17.3 Å². The van der Waals surface area contributed by atoms with Gasteiger partial charge in [0.15, 0.2) is 11.5 Å². The molecule has 2 rings (SSSR count). The van der Waals surface area contributed by atoms with Crippen molar-refractivity contribution in [2.24, 2.45) is 0 Å². The SMILES string of the molecule is CCOc1cc(C(=O)Nc2ccccc2OC(F)F)ccc1OC. The van der Waals surface area contributed by atoms with Crippen LogP contribution in [0.25, 0.3) is 0 Å². The van der Waals surface area contributed by atoms with Gasteiger partial charge in [0.25, 0.3) is 5.91 Å². The summed E-state index contributed by atoms with van der Waals surface area (Å²) in [5, 5.41) is 2.55. The molecule has 7 heteroatoms. The van der Waals surface area contributed by atoms with Crippen molar-refractivity contribution in [2.75, 3.05) is 19.0 Å². The highest BCUT2D eigenvalue weighted by Crippen LogP contribution is 2.30. The van der Waals surface area contributed by atoms with Gasteiger partial charge in [-0.1, -0.05) is 12.1 Å². The maximum Gasteiger partial charge on any atom is 0.387 e. The molecule has 5 nitrogen and oxygen atoms in total. The van der Waals surface area contributed by atoms with Gasteiger partial charge in [0.1, 0.15) is 5.75 Å². The van der Waals surface area contributed by atoms with Gasteiger partial charge in [0, 0.05) is 5.56 Å². The summed E-state index contributed by atoms with van der Waals surface area (Å²) < 4.78 is 39.8. The fourth-order valence-corrected chi connectivity index (χ4v) is 2.05. The third-order valence-corrected chi connectivity index (χ3v) is 3.08. The molecular formula is C17H17F2NO4. The monoisotopic (exact) mass is 337 g/mol. The first-order chi connectivity index (χ1) is 11.5. The lowest BCUT2D eigenvalue weighted by Gasteiger charge is -2.13. The normalized spacial score (nSPS) is 10.4. The van der Waals surface area contributed by atoms with Crippen molar-refractivity contribution in [3.8, 4) is 17.2 Å². The van der Waals surface area contributed by atoms with E-state index in [1.165, 1.54) is 31.4 Å². The molecule has 0 aliphatic heterocycles. The summed E-state index contributed by atoms with van der Waals surface area (Å²) in [5.74, 6) is 0.322. The minimum Gasteiger partial charge on any atom is -0.493 e. The Morgan fingerprint density at radius 2 is 1.88 bits per heavy atom. The first-order valence-electron chi connectivity index (χ1n) is 7.21. The Bertz CT molecular complexity index is 707. The first-order valence-corrected chi connectivity index (χ1v) is 7.21. The van der Waals surface area contributed by atoms with Gasteiger partial charge in [-0.05, 0) is 37.3 Å². The van der Waals surface area contributed by atoms with Gasteiger partial charge in [-0.25, -0.2) is 0 Å². The molecule has 0 saturated carbocycles. The van der Waals surface area contributed by atoms with Crippen molar-refractivity contribution in [3.05, 3.63) is 48.0 Å². The molecule has 1 amide bonds. The van der Waals surface area contributed by atoms with E-state index in [4.69, 9.17) is 9.47 Å². The molecule has 0 aliphatic rings. The Labute approximate surface area is 138 Å². The van der Waals surface area contributed by atoms with Gasteiger partial charge in [-0.15, -0.1) is 0 Å². The van der Waals surface area contributed by atoms with E-state index in [2.05, 4.69) is 10.1 Å². The minimum atomic E-state index is -2.98. The standard InChI is InChI=1S/C17H17F2NO4/c1-3-23-15-10-11(8-9-14(15)22-2)16(21)20-12-6-4-5-7-13(12)24-17(18)19/h4-10,17H,3H2,1-2H3,(H,20,21). The predicted octanol–water partition coefficient (Wildman–Crippen LogP) is 3.95. The summed E-state index contributed by atoms with van der Waals surface area (Å²) in [5.41, 5.74) is 0.447. The number of carbonyl (C=O) groups excluding carboxylic acids is 1. The largest absolute Gasteiger partial charge is 0.493 e. The van der Waals surface area contributed by atoms with Crippen molar-refractivity contribution in [3.63, 3.8) is 0 Å². The highest BCUT2D eigenvalue weighted by molar-refractivity contribution is 6.05. The second kappa shape index (κ2) is 8.14. The number of nitrogens with one attached hydrogen (secondary N) is 1. The molecule has 0 spiro atoms. The van der Waals surface area contributed by atoms with Crippen molar-refractivity contribution < 1.29 is 27.8 Å². The summed E-state index contributed by atoms with van der Waals surface area (Å²) >= 11 is 0. The van der Waals surface area contributed by atoms with Crippen LogP contribution in [0, 0.1) is 0 Å². The number of hydrogen-bond acceptors (Lipinski definition) is 4. The van der Waals surface area contributed by atoms with Gasteiger partial charge in [-0.2, -0.15) is 8.78 Å². The maximum absolute atomic E-state index is 12.4. The predicted molar refractivity (Wildman–Crippen MR) is 85.2 cm³/mol. The molecule has 0 aromatic heterocycles. The topological polar surface area (TPSA) is 56.8 Å². The molecule has 1 N–H and O–H groups in total. The maximum atomic E-state index is 12.4. The van der Waals surface area contributed by atoms with Crippen LogP contribution in [-0.4, -0.2) is 26.2 Å². The van der Waals surface area contributed by atoms with E-state index < -0.39 is 12.5 Å². The Balaban J connectivity index is 2.23. The number of benzene rings is 2. The van der Waals surface area contributed by atoms with E-state index in [9.17, 15) is 13.6 Å². The zero-order valence-electron chi connectivity index (χ0n) is 13.2. The Morgan fingerprint density at radius 3 is 2.54 bits per heavy atom. The molecule has 2 aromatic rings. The number of rotatable bonds is 7. The van der Waals surface area contributed by atoms with Crippen molar-refractivity contribution in [1.82, 2.24) is 0 Å². The van der Waals surface area contributed by atoms with E-state index in [0.717, 1.165) is 0 Å². The third kappa shape index (κ3) is 4.34. The quantitative estimate of drug-likeness (QED) is 0.831. The lowest BCUT2D eigenvalue weighted by atomic mass is 10.1. The zero-order chi connectivity index (χ0) is 17.5. The second-order valence-corrected chi connectivity index (χ2v) is 4.63. The molecule has 0 fully saturated rings. The van der Waals surface area contributed by atoms with Crippen LogP contribution >= 0.6 is 0 Å². The van der Waals surface area contributed by atoms with Crippen molar-refractivity contribution in [2.45, 2.75) is 13.5 Å². The number of anilines is 1. The molecule has 0 aliphatic carbocycles. The second-order valence-electron chi connectivity index (χ2n) is 4.63.